The smallest absolute Gasteiger partial charge is 0.271 e. The minimum Gasteiger partial charge on any atom is -0.496 e. The van der Waals surface area contributed by atoms with Gasteiger partial charge in [-0.05, 0) is 86.1 Å². The van der Waals surface area contributed by atoms with E-state index in [0.29, 0.717) is 27.4 Å². The van der Waals surface area contributed by atoms with Crippen molar-refractivity contribution in [1.29, 1.82) is 0 Å². The average molecular weight is 716 g/mol. The number of allylic oxidation sites excluding steroid dienone is 1. The van der Waals surface area contributed by atoms with E-state index >= 15 is 0 Å². The van der Waals surface area contributed by atoms with Crippen LogP contribution >= 0.6 is 27.3 Å². The van der Waals surface area contributed by atoms with Crippen LogP contribution in [0.15, 0.2) is 123 Å². The lowest BCUT2D eigenvalue weighted by molar-refractivity contribution is 0.283. The summed E-state index contributed by atoms with van der Waals surface area (Å²) < 4.78 is 21.1. The van der Waals surface area contributed by atoms with E-state index in [2.05, 4.69) is 70.5 Å². The largest absolute Gasteiger partial charge is 0.496 e. The third-order valence-corrected chi connectivity index (χ3v) is 10.7. The highest BCUT2D eigenvalue weighted by Gasteiger charge is 2.34. The Morgan fingerprint density at radius 3 is 2.54 bits per heavy atom. The molecule has 0 amide bonds. The van der Waals surface area contributed by atoms with E-state index in [1.54, 1.807) is 14.2 Å². The number of hydrogen-bond donors (Lipinski definition) is 0. The predicted octanol–water partition coefficient (Wildman–Crippen LogP) is 7.83. The summed E-state index contributed by atoms with van der Waals surface area (Å²) in [5.74, 6) is 1.92. The zero-order chi connectivity index (χ0) is 32.8. The summed E-state index contributed by atoms with van der Waals surface area (Å²) in [6, 6.07) is 34.4. The Bertz CT molecular complexity index is 2440. The van der Waals surface area contributed by atoms with Crippen molar-refractivity contribution in [2.24, 2.45) is 4.99 Å². The first-order valence-corrected chi connectivity index (χ1v) is 17.4. The van der Waals surface area contributed by atoms with E-state index in [1.165, 1.54) is 22.3 Å². The minimum atomic E-state index is -0.325. The van der Waals surface area contributed by atoms with Crippen molar-refractivity contribution in [2.75, 3.05) is 14.2 Å². The number of fused-ring (bicyclic) bond motifs is 4. The van der Waals surface area contributed by atoms with Crippen LogP contribution in [0.3, 0.4) is 0 Å². The summed E-state index contributed by atoms with van der Waals surface area (Å²) >= 11 is 5.12. The Hall–Kier alpha value is -4.92. The van der Waals surface area contributed by atoms with Gasteiger partial charge in [0.05, 0.1) is 35.0 Å². The number of para-hydroxylation sites is 1. The second-order valence-corrected chi connectivity index (χ2v) is 13.7. The van der Waals surface area contributed by atoms with Crippen LogP contribution in [0.2, 0.25) is 0 Å². The van der Waals surface area contributed by atoms with Crippen molar-refractivity contribution in [3.8, 4) is 17.2 Å². The van der Waals surface area contributed by atoms with Crippen molar-refractivity contribution in [2.45, 2.75) is 25.5 Å². The molecule has 0 N–H and O–H groups in total. The molecule has 8 rings (SSSR count). The lowest BCUT2D eigenvalue weighted by atomic mass is 9.83. The summed E-state index contributed by atoms with van der Waals surface area (Å²) in [7, 11) is 3.30. The number of rotatable bonds is 7. The highest BCUT2D eigenvalue weighted by molar-refractivity contribution is 9.10. The molecule has 6 nitrogen and oxygen atoms in total. The molecule has 1 aliphatic heterocycles. The summed E-state index contributed by atoms with van der Waals surface area (Å²) in [5, 5.41) is 2.32. The van der Waals surface area contributed by atoms with Gasteiger partial charge in [0.1, 0.15) is 12.4 Å². The highest BCUT2D eigenvalue weighted by Crippen LogP contribution is 2.43. The van der Waals surface area contributed by atoms with Gasteiger partial charge in [-0.1, -0.05) is 96.3 Å². The Morgan fingerprint density at radius 1 is 0.896 bits per heavy atom. The van der Waals surface area contributed by atoms with Gasteiger partial charge in [-0.25, -0.2) is 4.99 Å². The van der Waals surface area contributed by atoms with Crippen LogP contribution in [0.4, 0.5) is 0 Å². The number of aromatic nitrogens is 1. The molecule has 1 aromatic heterocycles. The molecular weight excluding hydrogens is 684 g/mol. The van der Waals surface area contributed by atoms with Crippen LogP contribution in [0.1, 0.15) is 40.3 Å². The molecular formula is C40H31BrN2O4S. The molecule has 0 saturated carbocycles. The maximum Gasteiger partial charge on any atom is 0.271 e. The van der Waals surface area contributed by atoms with Crippen LogP contribution in [-0.2, 0) is 13.0 Å². The van der Waals surface area contributed by atoms with Crippen LogP contribution < -0.4 is 29.1 Å². The molecule has 5 aromatic carbocycles. The van der Waals surface area contributed by atoms with E-state index < -0.39 is 0 Å². The fraction of sp³-hybridized carbons (Fsp3) is 0.150. The Morgan fingerprint density at radius 2 is 1.67 bits per heavy atom. The first-order chi connectivity index (χ1) is 23.5. The highest BCUT2D eigenvalue weighted by atomic mass is 79.9. The summed E-state index contributed by atoms with van der Waals surface area (Å²) in [5.41, 5.74) is 7.25. The van der Waals surface area contributed by atoms with Gasteiger partial charge in [-0.3, -0.25) is 9.36 Å². The van der Waals surface area contributed by atoms with Crippen LogP contribution in [-0.4, -0.2) is 18.8 Å². The molecule has 8 heteroatoms. The number of aryl methyl sites for hydroxylation is 1. The van der Waals surface area contributed by atoms with Crippen molar-refractivity contribution in [3.05, 3.63) is 161 Å². The molecule has 48 heavy (non-hydrogen) atoms. The summed E-state index contributed by atoms with van der Waals surface area (Å²) in [6.07, 6.45) is 3.61. The van der Waals surface area contributed by atoms with Gasteiger partial charge in [0, 0.05) is 11.1 Å². The van der Waals surface area contributed by atoms with E-state index in [0.717, 1.165) is 62.0 Å². The van der Waals surface area contributed by atoms with Gasteiger partial charge in [0.2, 0.25) is 0 Å². The van der Waals surface area contributed by atoms with Gasteiger partial charge < -0.3 is 14.2 Å². The fourth-order valence-electron chi connectivity index (χ4n) is 6.87. The lowest BCUT2D eigenvalue weighted by Gasteiger charge is -2.31. The maximum absolute atomic E-state index is 14.3. The van der Waals surface area contributed by atoms with Crippen LogP contribution in [0, 0.1) is 0 Å². The van der Waals surface area contributed by atoms with Crippen molar-refractivity contribution in [1.82, 2.24) is 4.57 Å². The monoisotopic (exact) mass is 714 g/mol. The average Bonchev–Trinajstić information content (AvgIpc) is 3.43. The van der Waals surface area contributed by atoms with Gasteiger partial charge >= 0.3 is 0 Å². The quantitative estimate of drug-likeness (QED) is 0.169. The molecule has 2 aliphatic rings. The number of ether oxygens (including phenoxy) is 3. The number of methoxy groups -OCH3 is 2. The first-order valence-electron chi connectivity index (χ1n) is 15.8. The molecule has 0 spiro atoms. The molecule has 0 unspecified atom stereocenters. The Balaban J connectivity index is 1.22. The van der Waals surface area contributed by atoms with Gasteiger partial charge in [0.25, 0.3) is 5.56 Å². The second kappa shape index (κ2) is 12.6. The maximum atomic E-state index is 14.3. The summed E-state index contributed by atoms with van der Waals surface area (Å²) in [4.78, 5) is 20.2. The molecule has 0 fully saturated rings. The first kappa shape index (κ1) is 30.4. The molecule has 2 heterocycles. The van der Waals surface area contributed by atoms with Gasteiger partial charge in [-0.2, -0.15) is 0 Å². The van der Waals surface area contributed by atoms with Gasteiger partial charge in [-0.15, -0.1) is 0 Å². The standard InChI is InChI=1S/C40H31BrN2O4S/c1-45-33-17-8-7-16-30(33)37-31-19-18-26-11-4-6-15-29(26)36(31)42-40-43(37)39(44)35(48-40)22-24-20-32(41)38(34(21-24)46-2)47-23-27-13-9-12-25-10-3-5-14-28(25)27/h3-17,20-22,37H,18-19,23H2,1-2H3/b35-22-/t37-/m0/s1. The molecule has 0 radical (unpaired) electrons. The topological polar surface area (TPSA) is 62.0 Å². The summed E-state index contributed by atoms with van der Waals surface area (Å²) in [6.45, 7) is 0.380. The third kappa shape index (κ3) is 5.25. The number of nitrogens with zero attached hydrogens (tertiary/aromatic N) is 2. The fourth-order valence-corrected chi connectivity index (χ4v) is 8.45. The zero-order valence-electron chi connectivity index (χ0n) is 26.4. The molecule has 1 atom stereocenters. The van der Waals surface area contributed by atoms with E-state index in [4.69, 9.17) is 19.2 Å². The Kier molecular flexibility index (Phi) is 7.98. The molecule has 0 saturated heterocycles. The molecule has 238 valence electrons. The van der Waals surface area contributed by atoms with Crippen molar-refractivity contribution < 1.29 is 14.2 Å². The van der Waals surface area contributed by atoms with E-state index in [1.807, 2.05) is 59.2 Å². The zero-order valence-corrected chi connectivity index (χ0v) is 28.8. The normalized spacial score (nSPS) is 15.4. The molecule has 6 aromatic rings. The van der Waals surface area contributed by atoms with Crippen molar-refractivity contribution in [3.63, 3.8) is 0 Å². The molecule has 0 bridgehead atoms. The Labute approximate surface area is 290 Å². The predicted molar refractivity (Wildman–Crippen MR) is 195 cm³/mol. The number of benzene rings is 5. The third-order valence-electron chi connectivity index (χ3n) is 9.11. The van der Waals surface area contributed by atoms with Gasteiger partial charge in [0.15, 0.2) is 16.3 Å². The van der Waals surface area contributed by atoms with Crippen LogP contribution in [0.5, 0.6) is 17.2 Å². The van der Waals surface area contributed by atoms with E-state index in [-0.39, 0.29) is 11.6 Å². The molecule has 1 aliphatic carbocycles. The lowest BCUT2D eigenvalue weighted by Crippen LogP contribution is -2.39. The number of thiazole rings is 1. The van der Waals surface area contributed by atoms with Crippen molar-refractivity contribution >= 4 is 49.8 Å². The second-order valence-electron chi connectivity index (χ2n) is 11.8. The van der Waals surface area contributed by atoms with Crippen LogP contribution in [0.25, 0.3) is 22.5 Å². The van der Waals surface area contributed by atoms with E-state index in [9.17, 15) is 4.79 Å². The number of halogens is 1. The number of hydrogen-bond acceptors (Lipinski definition) is 6. The minimum absolute atomic E-state index is 0.0913. The SMILES string of the molecule is COc1ccccc1[C@H]1C2=C(N=c3s/c(=C\c4cc(Br)c(OCc5cccc6ccccc56)c(OC)c4)c(=O)n31)c1ccccc1CC2.